The lowest BCUT2D eigenvalue weighted by atomic mass is 10.0. The van der Waals surface area contributed by atoms with Gasteiger partial charge in [0.25, 0.3) is 0 Å². The second-order valence-corrected chi connectivity index (χ2v) is 7.14. The van der Waals surface area contributed by atoms with Gasteiger partial charge in [-0.3, -0.25) is 4.79 Å². The molecule has 1 saturated heterocycles. The van der Waals surface area contributed by atoms with E-state index in [1.807, 2.05) is 0 Å². The van der Waals surface area contributed by atoms with E-state index in [0.717, 1.165) is 32.0 Å². The van der Waals surface area contributed by atoms with Crippen LogP contribution >= 0.6 is 0 Å². The van der Waals surface area contributed by atoms with Crippen LogP contribution in [0.5, 0.6) is 0 Å². The van der Waals surface area contributed by atoms with Crippen LogP contribution in [0.3, 0.4) is 0 Å². The normalized spacial score (nSPS) is 22.4. The van der Waals surface area contributed by atoms with Gasteiger partial charge in [-0.05, 0) is 44.9 Å². The molecule has 2 fully saturated rings. The van der Waals surface area contributed by atoms with Crippen molar-refractivity contribution in [1.82, 2.24) is 15.5 Å². The summed E-state index contributed by atoms with van der Waals surface area (Å²) >= 11 is 0. The molecule has 0 spiro atoms. The summed E-state index contributed by atoms with van der Waals surface area (Å²) in [6, 6.07) is 0.493. The maximum absolute atomic E-state index is 11.8. The van der Waals surface area contributed by atoms with E-state index in [1.165, 1.54) is 44.9 Å². The fourth-order valence-corrected chi connectivity index (χ4v) is 3.28. The van der Waals surface area contributed by atoms with Crippen molar-refractivity contribution < 1.29 is 9.53 Å². The number of amides is 1. The molecule has 1 atom stereocenters. The lowest BCUT2D eigenvalue weighted by Gasteiger charge is -2.23. The standard InChI is InChI=1S/C18H34N4O2/c1-22(2)17(23)14-20-18(21-15-8-3-4-9-15)19-12-7-11-16-10-5-6-13-24-16/h15-16H,3-14H2,1-2H3,(H2,19,20,21). The highest BCUT2D eigenvalue weighted by atomic mass is 16.5. The number of nitrogens with one attached hydrogen (secondary N) is 2. The van der Waals surface area contributed by atoms with Crippen molar-refractivity contribution in [2.24, 2.45) is 4.99 Å². The summed E-state index contributed by atoms with van der Waals surface area (Å²) in [7, 11) is 3.53. The number of guanidine groups is 1. The SMILES string of the molecule is CN(C)C(=O)CN=C(NCCCC1CCCCO1)NC1CCCC1. The fraction of sp³-hybridized carbons (Fsp3) is 0.889. The molecule has 1 unspecified atom stereocenters. The molecule has 6 nitrogen and oxygen atoms in total. The first-order valence-electron chi connectivity index (χ1n) is 9.52. The van der Waals surface area contributed by atoms with E-state index in [9.17, 15) is 4.79 Å². The van der Waals surface area contributed by atoms with Crippen LogP contribution in [0.4, 0.5) is 0 Å². The zero-order chi connectivity index (χ0) is 17.2. The smallest absolute Gasteiger partial charge is 0.243 e. The number of hydrogen-bond donors (Lipinski definition) is 2. The molecule has 1 heterocycles. The minimum Gasteiger partial charge on any atom is -0.378 e. The highest BCUT2D eigenvalue weighted by Gasteiger charge is 2.17. The average Bonchev–Trinajstić information content (AvgIpc) is 3.09. The van der Waals surface area contributed by atoms with Crippen LogP contribution < -0.4 is 10.6 Å². The summed E-state index contributed by atoms with van der Waals surface area (Å²) in [4.78, 5) is 17.8. The Morgan fingerprint density at radius 2 is 1.92 bits per heavy atom. The van der Waals surface area contributed by atoms with Crippen molar-refractivity contribution in [1.29, 1.82) is 0 Å². The Morgan fingerprint density at radius 3 is 2.58 bits per heavy atom. The number of rotatable bonds is 7. The molecule has 0 radical (unpaired) electrons. The number of likely N-dealkylation sites (N-methyl/N-ethyl adjacent to an activating group) is 1. The van der Waals surface area contributed by atoms with Gasteiger partial charge in [-0.2, -0.15) is 0 Å². The molecule has 2 N–H and O–H groups in total. The Labute approximate surface area is 146 Å². The van der Waals surface area contributed by atoms with Crippen LogP contribution in [0, 0.1) is 0 Å². The van der Waals surface area contributed by atoms with Gasteiger partial charge in [0.1, 0.15) is 6.54 Å². The van der Waals surface area contributed by atoms with Gasteiger partial charge in [0.2, 0.25) is 5.91 Å². The highest BCUT2D eigenvalue weighted by molar-refractivity contribution is 5.84. The number of hydrogen-bond acceptors (Lipinski definition) is 3. The predicted octanol–water partition coefficient (Wildman–Crippen LogP) is 1.90. The number of ether oxygens (including phenoxy) is 1. The van der Waals surface area contributed by atoms with Crippen molar-refractivity contribution in [3.8, 4) is 0 Å². The maximum atomic E-state index is 11.8. The van der Waals surface area contributed by atoms with E-state index in [0.29, 0.717) is 12.1 Å². The molecule has 0 bridgehead atoms. The third kappa shape index (κ3) is 7.07. The third-order valence-electron chi connectivity index (χ3n) is 4.84. The third-order valence-corrected chi connectivity index (χ3v) is 4.84. The minimum absolute atomic E-state index is 0.0260. The number of carbonyl (C=O) groups is 1. The Kier molecular flexibility index (Phi) is 8.36. The molecule has 2 aliphatic rings. The molecule has 2 rings (SSSR count). The summed E-state index contributed by atoms with van der Waals surface area (Å²) in [5.41, 5.74) is 0. The van der Waals surface area contributed by atoms with E-state index in [1.54, 1.807) is 19.0 Å². The summed E-state index contributed by atoms with van der Waals surface area (Å²) in [5.74, 6) is 0.805. The molecule has 0 aromatic rings. The molecule has 6 heteroatoms. The van der Waals surface area contributed by atoms with Crippen molar-refractivity contribution >= 4 is 11.9 Å². The first-order valence-corrected chi connectivity index (χ1v) is 9.52. The van der Waals surface area contributed by atoms with E-state index in [2.05, 4.69) is 15.6 Å². The van der Waals surface area contributed by atoms with Gasteiger partial charge in [-0.15, -0.1) is 0 Å². The molecule has 1 aliphatic carbocycles. The first kappa shape index (κ1) is 19.0. The Bertz CT molecular complexity index is 400. The molecular formula is C18H34N4O2. The lowest BCUT2D eigenvalue weighted by molar-refractivity contribution is -0.127. The van der Waals surface area contributed by atoms with Crippen LogP contribution in [0.25, 0.3) is 0 Å². The summed E-state index contributed by atoms with van der Waals surface area (Å²) < 4.78 is 5.77. The molecule has 0 aromatic carbocycles. The van der Waals surface area contributed by atoms with Crippen LogP contribution in [0.1, 0.15) is 57.8 Å². The van der Waals surface area contributed by atoms with Gasteiger partial charge >= 0.3 is 0 Å². The number of nitrogens with zero attached hydrogens (tertiary/aromatic N) is 2. The van der Waals surface area contributed by atoms with Gasteiger partial charge in [0, 0.05) is 33.3 Å². The Balaban J connectivity index is 1.73. The molecule has 1 saturated carbocycles. The summed E-state index contributed by atoms with van der Waals surface area (Å²) in [5, 5.41) is 6.88. The van der Waals surface area contributed by atoms with Crippen molar-refractivity contribution in [2.75, 3.05) is 33.8 Å². The van der Waals surface area contributed by atoms with Crippen molar-refractivity contribution in [3.05, 3.63) is 0 Å². The summed E-state index contributed by atoms with van der Waals surface area (Å²) in [6.07, 6.45) is 11.2. The molecule has 24 heavy (non-hydrogen) atoms. The maximum Gasteiger partial charge on any atom is 0.243 e. The van der Waals surface area contributed by atoms with Crippen LogP contribution in [-0.2, 0) is 9.53 Å². The van der Waals surface area contributed by atoms with Gasteiger partial charge in [0.05, 0.1) is 6.10 Å². The lowest BCUT2D eigenvalue weighted by Crippen LogP contribution is -2.43. The quantitative estimate of drug-likeness (QED) is 0.423. The zero-order valence-electron chi connectivity index (χ0n) is 15.4. The van der Waals surface area contributed by atoms with Gasteiger partial charge in [-0.1, -0.05) is 12.8 Å². The molecular weight excluding hydrogens is 304 g/mol. The molecule has 1 aliphatic heterocycles. The molecule has 0 aromatic heterocycles. The number of aliphatic imine (C=N–C) groups is 1. The zero-order valence-corrected chi connectivity index (χ0v) is 15.4. The Morgan fingerprint density at radius 1 is 1.17 bits per heavy atom. The summed E-state index contributed by atoms with van der Waals surface area (Å²) in [6.45, 7) is 1.98. The second-order valence-electron chi connectivity index (χ2n) is 7.14. The Hall–Kier alpha value is -1.30. The van der Waals surface area contributed by atoms with Gasteiger partial charge in [0.15, 0.2) is 5.96 Å². The first-order chi connectivity index (χ1) is 11.6. The van der Waals surface area contributed by atoms with Crippen LogP contribution in [0.15, 0.2) is 4.99 Å². The van der Waals surface area contributed by atoms with Gasteiger partial charge < -0.3 is 20.3 Å². The number of carbonyl (C=O) groups excluding carboxylic acids is 1. The van der Waals surface area contributed by atoms with E-state index < -0.39 is 0 Å². The van der Waals surface area contributed by atoms with Crippen molar-refractivity contribution in [3.63, 3.8) is 0 Å². The predicted molar refractivity (Wildman–Crippen MR) is 97.2 cm³/mol. The molecule has 1 amide bonds. The minimum atomic E-state index is 0.0260. The van der Waals surface area contributed by atoms with E-state index in [-0.39, 0.29) is 12.5 Å². The highest BCUT2D eigenvalue weighted by Crippen LogP contribution is 2.18. The largest absolute Gasteiger partial charge is 0.378 e. The monoisotopic (exact) mass is 338 g/mol. The van der Waals surface area contributed by atoms with E-state index in [4.69, 9.17) is 4.74 Å². The second kappa shape index (κ2) is 10.5. The van der Waals surface area contributed by atoms with Gasteiger partial charge in [-0.25, -0.2) is 4.99 Å². The van der Waals surface area contributed by atoms with Crippen LogP contribution in [-0.4, -0.2) is 62.7 Å². The average molecular weight is 338 g/mol. The van der Waals surface area contributed by atoms with E-state index >= 15 is 0 Å². The fourth-order valence-electron chi connectivity index (χ4n) is 3.28. The van der Waals surface area contributed by atoms with Crippen LogP contribution in [0.2, 0.25) is 0 Å². The topological polar surface area (TPSA) is 66.0 Å². The van der Waals surface area contributed by atoms with Crippen molar-refractivity contribution in [2.45, 2.75) is 69.9 Å². The molecule has 138 valence electrons.